The Bertz CT molecular complexity index is 974. The molecular formula is C36H68N6O3. The third kappa shape index (κ3) is 8.94. The molecule has 0 aromatic heterocycles. The number of hydrogen-bond donors (Lipinski definition) is 0. The van der Waals surface area contributed by atoms with E-state index >= 15 is 0 Å². The Morgan fingerprint density at radius 2 is 0.822 bits per heavy atom. The molecule has 0 aliphatic carbocycles. The minimum absolute atomic E-state index is 0.170. The molecule has 9 heteroatoms. The molecule has 0 N–H and O–H groups in total. The lowest BCUT2D eigenvalue weighted by Crippen LogP contribution is -2.42. The Morgan fingerprint density at radius 3 is 1.07 bits per heavy atom. The van der Waals surface area contributed by atoms with Crippen molar-refractivity contribution in [2.75, 3.05) is 92.2 Å². The molecule has 6 aliphatic rings. The number of methoxy groups -OCH3 is 1. The number of likely N-dealkylation sites (tertiary alicyclic amines) is 6. The van der Waals surface area contributed by atoms with Crippen molar-refractivity contribution in [1.82, 2.24) is 29.4 Å². The summed E-state index contributed by atoms with van der Waals surface area (Å²) in [6.07, 6.45) is -0.170. The average Bonchev–Trinajstić information content (AvgIpc) is 3.72. The first-order chi connectivity index (χ1) is 20.8. The molecule has 6 atom stereocenters. The van der Waals surface area contributed by atoms with Crippen molar-refractivity contribution in [2.45, 2.75) is 92.8 Å². The van der Waals surface area contributed by atoms with E-state index in [1.165, 1.54) is 39.8 Å². The van der Waals surface area contributed by atoms with Crippen LogP contribution in [-0.4, -0.2) is 150 Å². The molecule has 9 nitrogen and oxygen atoms in total. The Morgan fingerprint density at radius 1 is 0.533 bits per heavy atom. The molecule has 6 rings (SSSR count). The van der Waals surface area contributed by atoms with Crippen LogP contribution in [0.1, 0.15) is 76.2 Å². The summed E-state index contributed by atoms with van der Waals surface area (Å²) in [5, 5.41) is 0. The van der Waals surface area contributed by atoms with Gasteiger partial charge in [-0.3, -0.25) is 19.5 Å². The lowest BCUT2D eigenvalue weighted by molar-refractivity contribution is -0.128. The Kier molecular flexibility index (Phi) is 11.3. The van der Waals surface area contributed by atoms with Gasteiger partial charge in [-0.2, -0.15) is 0 Å². The molecule has 6 aliphatic heterocycles. The summed E-state index contributed by atoms with van der Waals surface area (Å²) in [5.41, 5.74) is 0.910. The van der Waals surface area contributed by atoms with Gasteiger partial charge in [0.2, 0.25) is 5.91 Å². The van der Waals surface area contributed by atoms with E-state index in [1.54, 1.807) is 6.92 Å². The van der Waals surface area contributed by atoms with Crippen molar-refractivity contribution in [3.8, 4) is 0 Å². The first kappa shape index (κ1) is 36.4. The van der Waals surface area contributed by atoms with Gasteiger partial charge in [-0.25, -0.2) is 4.79 Å². The zero-order valence-corrected chi connectivity index (χ0v) is 31.1. The van der Waals surface area contributed by atoms with Crippen molar-refractivity contribution in [2.24, 2.45) is 35.5 Å². The number of carbonyl (C=O) groups excluding carboxylic acids is 2. The van der Waals surface area contributed by atoms with Crippen molar-refractivity contribution in [1.29, 1.82) is 0 Å². The number of nitrogens with zero attached hydrogens (tertiary/aromatic N) is 6. The van der Waals surface area contributed by atoms with E-state index < -0.39 is 0 Å². The third-order valence-electron chi connectivity index (χ3n) is 11.7. The Hall–Kier alpha value is -1.42. The minimum Gasteiger partial charge on any atom is -0.453 e. The van der Waals surface area contributed by atoms with Crippen molar-refractivity contribution < 1.29 is 14.3 Å². The maximum Gasteiger partial charge on any atom is 0.409 e. The number of rotatable bonds is 1. The van der Waals surface area contributed by atoms with Crippen LogP contribution in [0.15, 0.2) is 0 Å². The number of carbonyl (C=O) groups is 2. The summed E-state index contributed by atoms with van der Waals surface area (Å²) in [5.74, 6) is 4.85. The highest BCUT2D eigenvalue weighted by atomic mass is 16.5. The Labute approximate surface area is 275 Å². The predicted molar refractivity (Wildman–Crippen MR) is 183 cm³/mol. The van der Waals surface area contributed by atoms with Gasteiger partial charge in [0, 0.05) is 102 Å². The quantitative estimate of drug-likeness (QED) is 0.428. The van der Waals surface area contributed by atoms with E-state index in [0.29, 0.717) is 29.2 Å². The summed E-state index contributed by atoms with van der Waals surface area (Å²) in [6, 6.07) is 0. The summed E-state index contributed by atoms with van der Waals surface area (Å²) in [4.78, 5) is 36.9. The van der Waals surface area contributed by atoms with Crippen LogP contribution in [0, 0.1) is 35.5 Å². The molecule has 0 saturated carbocycles. The zero-order valence-electron chi connectivity index (χ0n) is 31.1. The topological polar surface area (TPSA) is 62.8 Å². The molecule has 0 bridgehead atoms. The lowest BCUT2D eigenvalue weighted by Gasteiger charge is -2.33. The molecule has 6 heterocycles. The summed E-state index contributed by atoms with van der Waals surface area (Å²) in [7, 11) is 1.46. The summed E-state index contributed by atoms with van der Waals surface area (Å²) >= 11 is 0. The first-order valence-corrected chi connectivity index (χ1v) is 17.9. The second kappa shape index (κ2) is 14.0. The normalized spacial score (nSPS) is 32.5. The van der Waals surface area contributed by atoms with E-state index in [-0.39, 0.29) is 23.1 Å². The highest BCUT2D eigenvalue weighted by molar-refractivity contribution is 5.73. The molecule has 6 unspecified atom stereocenters. The molecule has 2 amide bonds. The lowest BCUT2D eigenvalue weighted by atomic mass is 10.0. The van der Waals surface area contributed by atoms with Crippen molar-refractivity contribution in [3.05, 3.63) is 0 Å². The number of amides is 2. The summed E-state index contributed by atoms with van der Waals surface area (Å²) in [6.45, 7) is 39.4. The second-order valence-corrected chi connectivity index (χ2v) is 17.9. The fourth-order valence-electron chi connectivity index (χ4n) is 8.51. The SMILES string of the molecule is CC(=O)N1CC2CN(C(C)(C)C)CC2C1.CCN1CC2CN(C(C)(C)C)CC2C1.COC(=O)N1CC2CN(C(C)(C)C)CC2C1. The third-order valence-corrected chi connectivity index (χ3v) is 11.7. The van der Waals surface area contributed by atoms with Crippen molar-refractivity contribution >= 4 is 12.0 Å². The maximum absolute atomic E-state index is 11.4. The van der Waals surface area contributed by atoms with E-state index in [4.69, 9.17) is 4.74 Å². The van der Waals surface area contributed by atoms with Gasteiger partial charge in [0.25, 0.3) is 0 Å². The number of ether oxygens (including phenoxy) is 1. The van der Waals surface area contributed by atoms with Crippen LogP contribution in [0.25, 0.3) is 0 Å². The molecule has 0 spiro atoms. The van der Waals surface area contributed by atoms with Crippen LogP contribution in [0.2, 0.25) is 0 Å². The Balaban J connectivity index is 0.000000154. The average molecular weight is 633 g/mol. The number of fused-ring (bicyclic) bond motifs is 3. The van der Waals surface area contributed by atoms with Crippen LogP contribution >= 0.6 is 0 Å². The minimum atomic E-state index is -0.170. The largest absolute Gasteiger partial charge is 0.453 e. The van der Waals surface area contributed by atoms with Crippen LogP contribution < -0.4 is 0 Å². The van der Waals surface area contributed by atoms with E-state index in [1.807, 2.05) is 9.80 Å². The van der Waals surface area contributed by atoms with Gasteiger partial charge in [0.15, 0.2) is 0 Å². The fraction of sp³-hybridized carbons (Fsp3) is 0.944. The van der Waals surface area contributed by atoms with Gasteiger partial charge in [0.1, 0.15) is 0 Å². The predicted octanol–water partition coefficient (Wildman–Crippen LogP) is 4.28. The molecule has 6 fully saturated rings. The molecule has 260 valence electrons. The van der Waals surface area contributed by atoms with Gasteiger partial charge in [-0.05, 0) is 104 Å². The molecular weight excluding hydrogens is 564 g/mol. The van der Waals surface area contributed by atoms with E-state index in [0.717, 1.165) is 64.2 Å². The molecule has 45 heavy (non-hydrogen) atoms. The van der Waals surface area contributed by atoms with Gasteiger partial charge in [0.05, 0.1) is 7.11 Å². The van der Waals surface area contributed by atoms with Crippen molar-refractivity contribution in [3.63, 3.8) is 0 Å². The maximum atomic E-state index is 11.4. The van der Waals surface area contributed by atoms with Crippen LogP contribution in [0.5, 0.6) is 0 Å². The van der Waals surface area contributed by atoms with Gasteiger partial charge in [-0.1, -0.05) is 6.92 Å². The van der Waals surface area contributed by atoms with E-state index in [2.05, 4.69) is 88.8 Å². The summed E-state index contributed by atoms with van der Waals surface area (Å²) < 4.78 is 4.77. The molecule has 6 saturated heterocycles. The first-order valence-electron chi connectivity index (χ1n) is 17.9. The van der Waals surface area contributed by atoms with Gasteiger partial charge >= 0.3 is 6.09 Å². The van der Waals surface area contributed by atoms with Gasteiger partial charge < -0.3 is 19.4 Å². The van der Waals surface area contributed by atoms with E-state index in [9.17, 15) is 9.59 Å². The monoisotopic (exact) mass is 633 g/mol. The smallest absolute Gasteiger partial charge is 0.409 e. The second-order valence-electron chi connectivity index (χ2n) is 17.9. The standard InChI is InChI=1S/C12H22N2O2.C12H22N2O.C12H24N2/c1-12(2,3)14-7-9-5-13(11(15)16-4)6-10(9)8-14;1-9(15)13-5-10-7-14(12(2,3)4)8-11(10)6-13;1-5-13-6-10-8-14(12(2,3)4)9-11(10)7-13/h9-10H,5-8H2,1-4H3;10-11H,5-8H2,1-4H3;10-11H,5-9H2,1-4H3. The highest BCUT2D eigenvalue weighted by Gasteiger charge is 2.45. The highest BCUT2D eigenvalue weighted by Crippen LogP contribution is 2.36. The molecule has 0 aromatic rings. The van der Waals surface area contributed by atoms with Gasteiger partial charge in [-0.15, -0.1) is 0 Å². The van der Waals surface area contributed by atoms with Crippen LogP contribution in [0.4, 0.5) is 4.79 Å². The number of hydrogen-bond acceptors (Lipinski definition) is 7. The molecule has 0 radical (unpaired) electrons. The van der Waals surface area contributed by atoms with Crippen LogP contribution in [0.3, 0.4) is 0 Å². The van der Waals surface area contributed by atoms with Crippen LogP contribution in [-0.2, 0) is 9.53 Å². The molecule has 0 aromatic carbocycles. The fourth-order valence-corrected chi connectivity index (χ4v) is 8.51. The zero-order chi connectivity index (χ0) is 33.5.